The lowest BCUT2D eigenvalue weighted by Crippen LogP contribution is -2.19. The monoisotopic (exact) mass is 370 g/mol. The Hall–Kier alpha value is -1.68. The predicted octanol–water partition coefficient (Wildman–Crippen LogP) is 4.46. The van der Waals surface area contributed by atoms with Crippen LogP contribution in [0.1, 0.15) is 52.1 Å². The van der Waals surface area contributed by atoms with Gasteiger partial charge in [0.25, 0.3) is 5.91 Å². The van der Waals surface area contributed by atoms with Crippen LogP contribution in [0, 0.1) is 0 Å². The minimum atomic E-state index is -0.0365. The fourth-order valence-corrected chi connectivity index (χ4v) is 4.19. The Bertz CT molecular complexity index is 785. The molecule has 0 unspecified atom stereocenters. The van der Waals surface area contributed by atoms with Crippen molar-refractivity contribution in [3.8, 4) is 0 Å². The number of nitrogens with one attached hydrogen (secondary N) is 1. The average Bonchev–Trinajstić information content (AvgIpc) is 3.03. The third-order valence-corrected chi connectivity index (χ3v) is 5.55. The van der Waals surface area contributed by atoms with E-state index in [4.69, 9.17) is 4.98 Å². The maximum Gasteiger partial charge on any atom is 0.256 e. The summed E-state index contributed by atoms with van der Waals surface area (Å²) in [5, 5.41) is 3.22. The Morgan fingerprint density at radius 2 is 1.61 bits per heavy atom. The van der Waals surface area contributed by atoms with Crippen LogP contribution in [-0.4, -0.2) is 10.9 Å². The molecule has 4 rings (SSSR count). The highest BCUT2D eigenvalue weighted by Crippen LogP contribution is 2.36. The maximum absolute atomic E-state index is 12.8. The maximum atomic E-state index is 12.8. The average molecular weight is 371 g/mol. The summed E-state index contributed by atoms with van der Waals surface area (Å²) in [6.45, 7) is 0. The molecule has 1 heterocycles. The first-order valence-corrected chi connectivity index (χ1v) is 9.12. The Kier molecular flexibility index (Phi) is 3.93. The first-order valence-electron chi connectivity index (χ1n) is 8.33. The van der Waals surface area contributed by atoms with E-state index in [-0.39, 0.29) is 5.91 Å². The lowest BCUT2D eigenvalue weighted by molar-refractivity contribution is 0.102. The third-order valence-electron chi connectivity index (χ3n) is 4.86. The third kappa shape index (κ3) is 2.69. The van der Waals surface area contributed by atoms with Crippen molar-refractivity contribution >= 4 is 27.5 Å². The smallest absolute Gasteiger partial charge is 0.256 e. The van der Waals surface area contributed by atoms with Gasteiger partial charge in [0.1, 0.15) is 0 Å². The number of rotatable bonds is 2. The molecule has 1 aromatic carbocycles. The second-order valence-corrected chi connectivity index (χ2v) is 7.19. The highest BCUT2D eigenvalue weighted by molar-refractivity contribution is 9.10. The van der Waals surface area contributed by atoms with Crippen LogP contribution in [0.2, 0.25) is 0 Å². The van der Waals surface area contributed by atoms with E-state index in [1.807, 2.05) is 24.3 Å². The van der Waals surface area contributed by atoms with Crippen molar-refractivity contribution in [1.82, 2.24) is 4.98 Å². The van der Waals surface area contributed by atoms with Gasteiger partial charge in [-0.3, -0.25) is 9.78 Å². The van der Waals surface area contributed by atoms with E-state index >= 15 is 0 Å². The molecule has 118 valence electrons. The van der Waals surface area contributed by atoms with E-state index in [0.29, 0.717) is 5.56 Å². The minimum absolute atomic E-state index is 0.0365. The number of benzene rings is 1. The van der Waals surface area contributed by atoms with Crippen LogP contribution >= 0.6 is 15.9 Å². The number of carbonyl (C=O) groups is 1. The van der Waals surface area contributed by atoms with Crippen LogP contribution in [0.5, 0.6) is 0 Å². The van der Waals surface area contributed by atoms with Crippen molar-refractivity contribution in [3.63, 3.8) is 0 Å². The number of halogens is 1. The summed E-state index contributed by atoms with van der Waals surface area (Å²) in [6.07, 6.45) is 7.67. The van der Waals surface area contributed by atoms with Gasteiger partial charge in [0.15, 0.2) is 0 Å². The fourth-order valence-electron chi connectivity index (χ4n) is 3.72. The summed E-state index contributed by atoms with van der Waals surface area (Å²) in [6, 6.07) is 7.58. The summed E-state index contributed by atoms with van der Waals surface area (Å²) >= 11 is 3.47. The Labute approximate surface area is 144 Å². The fraction of sp³-hybridized carbons (Fsp3) is 0.368. The van der Waals surface area contributed by atoms with Crippen molar-refractivity contribution < 1.29 is 4.79 Å². The van der Waals surface area contributed by atoms with Gasteiger partial charge in [-0.2, -0.15) is 0 Å². The molecule has 0 bridgehead atoms. The van der Waals surface area contributed by atoms with Gasteiger partial charge in [-0.05, 0) is 84.1 Å². The van der Waals surface area contributed by atoms with Crippen LogP contribution < -0.4 is 5.32 Å². The molecule has 1 amide bonds. The van der Waals surface area contributed by atoms with E-state index in [0.717, 1.165) is 42.3 Å². The standard InChI is InChI=1S/C19H19BrN2O/c20-15-9-3-1-6-12(15)19(23)22-18-13-7-2-4-10-16(13)21-17-11-5-8-14(17)18/h1,3,6,9H,2,4-5,7-8,10-11H2,(H,21,22,23). The normalized spacial score (nSPS) is 15.9. The number of aromatic nitrogens is 1. The number of fused-ring (bicyclic) bond motifs is 2. The van der Waals surface area contributed by atoms with Gasteiger partial charge in [-0.15, -0.1) is 0 Å². The molecule has 2 aliphatic rings. The largest absolute Gasteiger partial charge is 0.321 e. The molecule has 4 heteroatoms. The number of hydrogen-bond acceptors (Lipinski definition) is 2. The van der Waals surface area contributed by atoms with Gasteiger partial charge in [-0.1, -0.05) is 12.1 Å². The van der Waals surface area contributed by atoms with Crippen molar-refractivity contribution in [1.29, 1.82) is 0 Å². The predicted molar refractivity (Wildman–Crippen MR) is 95.0 cm³/mol. The van der Waals surface area contributed by atoms with Gasteiger partial charge in [0.2, 0.25) is 0 Å². The molecule has 2 aliphatic carbocycles. The summed E-state index contributed by atoms with van der Waals surface area (Å²) in [4.78, 5) is 17.7. The van der Waals surface area contributed by atoms with Crippen molar-refractivity contribution in [2.45, 2.75) is 44.9 Å². The highest BCUT2D eigenvalue weighted by Gasteiger charge is 2.25. The molecule has 1 aromatic heterocycles. The molecule has 0 fully saturated rings. The Morgan fingerprint density at radius 1 is 0.957 bits per heavy atom. The second-order valence-electron chi connectivity index (χ2n) is 6.33. The number of carbonyl (C=O) groups excluding carboxylic acids is 1. The molecule has 0 aliphatic heterocycles. The molecule has 3 nitrogen and oxygen atoms in total. The van der Waals surface area contributed by atoms with Gasteiger partial charge in [-0.25, -0.2) is 0 Å². The van der Waals surface area contributed by atoms with E-state index in [2.05, 4.69) is 21.2 Å². The van der Waals surface area contributed by atoms with Crippen LogP contribution in [-0.2, 0) is 25.7 Å². The number of aryl methyl sites for hydroxylation is 2. The lowest BCUT2D eigenvalue weighted by Gasteiger charge is -2.22. The molecule has 0 saturated heterocycles. The topological polar surface area (TPSA) is 42.0 Å². The van der Waals surface area contributed by atoms with Gasteiger partial charge >= 0.3 is 0 Å². The second kappa shape index (κ2) is 6.08. The minimum Gasteiger partial charge on any atom is -0.321 e. The van der Waals surface area contributed by atoms with E-state index in [1.165, 1.54) is 35.4 Å². The lowest BCUT2D eigenvalue weighted by atomic mass is 9.92. The van der Waals surface area contributed by atoms with Gasteiger partial charge < -0.3 is 5.32 Å². The molecule has 0 saturated carbocycles. The quantitative estimate of drug-likeness (QED) is 0.847. The zero-order valence-corrected chi connectivity index (χ0v) is 14.6. The summed E-state index contributed by atoms with van der Waals surface area (Å²) in [7, 11) is 0. The number of amides is 1. The SMILES string of the molecule is O=C(Nc1c2c(nc3c1CCC3)CCCC2)c1ccccc1Br. The first-order chi connectivity index (χ1) is 11.2. The van der Waals surface area contributed by atoms with Crippen LogP contribution in [0.15, 0.2) is 28.7 Å². The Morgan fingerprint density at radius 3 is 2.39 bits per heavy atom. The molecular formula is C19H19BrN2O. The van der Waals surface area contributed by atoms with E-state index in [1.54, 1.807) is 0 Å². The van der Waals surface area contributed by atoms with Crippen molar-refractivity contribution in [2.24, 2.45) is 0 Å². The molecular weight excluding hydrogens is 352 g/mol. The van der Waals surface area contributed by atoms with Crippen LogP contribution in [0.3, 0.4) is 0 Å². The molecule has 1 N–H and O–H groups in total. The molecule has 0 atom stereocenters. The van der Waals surface area contributed by atoms with Gasteiger partial charge in [0, 0.05) is 15.9 Å². The first kappa shape index (κ1) is 14.9. The number of anilines is 1. The summed E-state index contributed by atoms with van der Waals surface area (Å²) in [5.74, 6) is -0.0365. The van der Waals surface area contributed by atoms with Gasteiger partial charge in [0.05, 0.1) is 11.3 Å². The molecule has 0 spiro atoms. The van der Waals surface area contributed by atoms with E-state index < -0.39 is 0 Å². The molecule has 23 heavy (non-hydrogen) atoms. The van der Waals surface area contributed by atoms with Crippen molar-refractivity contribution in [3.05, 3.63) is 56.8 Å². The van der Waals surface area contributed by atoms with E-state index in [9.17, 15) is 4.79 Å². The summed E-state index contributed by atoms with van der Waals surface area (Å²) in [5.41, 5.74) is 6.69. The zero-order valence-electron chi connectivity index (χ0n) is 13.0. The van der Waals surface area contributed by atoms with Crippen LogP contribution in [0.4, 0.5) is 5.69 Å². The zero-order chi connectivity index (χ0) is 15.8. The highest BCUT2D eigenvalue weighted by atomic mass is 79.9. The number of hydrogen-bond donors (Lipinski definition) is 1. The molecule has 2 aromatic rings. The van der Waals surface area contributed by atoms with Crippen molar-refractivity contribution in [2.75, 3.05) is 5.32 Å². The molecule has 0 radical (unpaired) electrons. The van der Waals surface area contributed by atoms with Crippen LogP contribution in [0.25, 0.3) is 0 Å². The number of pyridine rings is 1. The summed E-state index contributed by atoms with van der Waals surface area (Å²) < 4.78 is 0.831. The number of nitrogens with zero attached hydrogens (tertiary/aromatic N) is 1. The Balaban J connectivity index is 1.75.